The Bertz CT molecular complexity index is 523. The van der Waals surface area contributed by atoms with Crippen molar-refractivity contribution < 1.29 is 14.8 Å². The summed E-state index contributed by atoms with van der Waals surface area (Å²) in [6.45, 7) is 2.02. The lowest BCUT2D eigenvalue weighted by molar-refractivity contribution is -0.385. The van der Waals surface area contributed by atoms with Gasteiger partial charge in [-0.15, -0.1) is 12.4 Å². The molecule has 1 saturated heterocycles. The van der Waals surface area contributed by atoms with Gasteiger partial charge < -0.3 is 15.7 Å². The van der Waals surface area contributed by atoms with E-state index in [9.17, 15) is 20.0 Å². The van der Waals surface area contributed by atoms with Crippen LogP contribution in [0.4, 0.5) is 11.4 Å². The largest absolute Gasteiger partial charge is 0.392 e. The van der Waals surface area contributed by atoms with E-state index in [0.717, 1.165) is 0 Å². The minimum atomic E-state index is -0.525. The van der Waals surface area contributed by atoms with Gasteiger partial charge in [-0.2, -0.15) is 0 Å². The Balaban J connectivity index is 0.00000200. The molecule has 8 heteroatoms. The van der Waals surface area contributed by atoms with Crippen molar-refractivity contribution in [2.45, 2.75) is 25.5 Å². The van der Waals surface area contributed by atoms with Crippen LogP contribution in [0.5, 0.6) is 0 Å². The number of hydrogen-bond acceptors (Lipinski definition) is 5. The van der Waals surface area contributed by atoms with Crippen LogP contribution in [0, 0.1) is 17.0 Å². The molecular formula is C12H16ClN3O4. The van der Waals surface area contributed by atoms with Crippen molar-refractivity contribution in [3.8, 4) is 0 Å². The summed E-state index contributed by atoms with van der Waals surface area (Å²) < 4.78 is 0. The van der Waals surface area contributed by atoms with E-state index in [4.69, 9.17) is 0 Å². The first-order valence-corrected chi connectivity index (χ1v) is 5.94. The van der Waals surface area contributed by atoms with Crippen LogP contribution in [0.1, 0.15) is 12.0 Å². The van der Waals surface area contributed by atoms with E-state index in [1.54, 1.807) is 19.1 Å². The summed E-state index contributed by atoms with van der Waals surface area (Å²) in [5.74, 6) is -0.297. The highest BCUT2D eigenvalue weighted by Crippen LogP contribution is 2.22. The van der Waals surface area contributed by atoms with Crippen molar-refractivity contribution in [1.82, 2.24) is 5.32 Å². The number of benzene rings is 1. The summed E-state index contributed by atoms with van der Waals surface area (Å²) in [4.78, 5) is 22.2. The van der Waals surface area contributed by atoms with Crippen LogP contribution in [0.2, 0.25) is 0 Å². The number of nitrogens with one attached hydrogen (secondary N) is 2. The van der Waals surface area contributed by atoms with Gasteiger partial charge in [0.2, 0.25) is 5.91 Å². The van der Waals surface area contributed by atoms with Gasteiger partial charge in [0.25, 0.3) is 5.69 Å². The number of nitro groups is 1. The fourth-order valence-corrected chi connectivity index (χ4v) is 2.03. The molecule has 3 N–H and O–H groups in total. The number of hydrogen-bond donors (Lipinski definition) is 3. The highest BCUT2D eigenvalue weighted by molar-refractivity contribution is 5.95. The molecule has 1 aliphatic rings. The Kier molecular flexibility index (Phi) is 5.43. The molecule has 0 spiro atoms. The van der Waals surface area contributed by atoms with Crippen molar-refractivity contribution in [1.29, 1.82) is 0 Å². The van der Waals surface area contributed by atoms with E-state index < -0.39 is 17.1 Å². The second-order valence-electron chi connectivity index (χ2n) is 4.60. The van der Waals surface area contributed by atoms with Crippen LogP contribution in [0.15, 0.2) is 18.2 Å². The number of β-amino-alcohol motifs (C(OH)–C–C–N with tert-alkyl or cyclic N) is 1. The Labute approximate surface area is 121 Å². The summed E-state index contributed by atoms with van der Waals surface area (Å²) in [7, 11) is 0. The number of rotatable bonds is 3. The molecule has 2 rings (SSSR count). The van der Waals surface area contributed by atoms with Crippen LogP contribution in [0.3, 0.4) is 0 Å². The lowest BCUT2D eigenvalue weighted by Crippen LogP contribution is -2.35. The maximum absolute atomic E-state index is 11.9. The van der Waals surface area contributed by atoms with Gasteiger partial charge in [-0.1, -0.05) is 6.07 Å². The molecule has 0 saturated carbocycles. The molecule has 0 radical (unpaired) electrons. The summed E-state index contributed by atoms with van der Waals surface area (Å²) in [5, 5.41) is 25.6. The normalized spacial score (nSPS) is 21.1. The van der Waals surface area contributed by atoms with Gasteiger partial charge in [0.1, 0.15) is 0 Å². The average Bonchev–Trinajstić information content (AvgIpc) is 2.78. The number of aliphatic hydroxyl groups excluding tert-OH is 1. The average molecular weight is 302 g/mol. The number of carbonyl (C=O) groups excluding carboxylic acids is 1. The zero-order chi connectivity index (χ0) is 14.0. The van der Waals surface area contributed by atoms with Crippen LogP contribution in [0.25, 0.3) is 0 Å². The number of aryl methyl sites for hydroxylation is 1. The van der Waals surface area contributed by atoms with Gasteiger partial charge >= 0.3 is 0 Å². The molecule has 2 unspecified atom stereocenters. The molecule has 1 amide bonds. The van der Waals surface area contributed by atoms with Crippen molar-refractivity contribution in [3.05, 3.63) is 33.9 Å². The smallest absolute Gasteiger partial charge is 0.274 e. The van der Waals surface area contributed by atoms with Crippen molar-refractivity contribution in [3.63, 3.8) is 0 Å². The van der Waals surface area contributed by atoms with E-state index in [-0.39, 0.29) is 24.0 Å². The molecular weight excluding hydrogens is 286 g/mol. The lowest BCUT2D eigenvalue weighted by Gasteiger charge is -2.11. The number of nitro benzene ring substituents is 1. The first kappa shape index (κ1) is 16.4. The molecule has 0 aromatic heterocycles. The number of anilines is 1. The molecule has 1 aromatic carbocycles. The van der Waals surface area contributed by atoms with Crippen LogP contribution in [-0.4, -0.2) is 34.6 Å². The Hall–Kier alpha value is -1.70. The zero-order valence-electron chi connectivity index (χ0n) is 10.8. The quantitative estimate of drug-likeness (QED) is 0.570. The van der Waals surface area contributed by atoms with E-state index >= 15 is 0 Å². The molecule has 0 bridgehead atoms. The molecule has 7 nitrogen and oxygen atoms in total. The first-order chi connectivity index (χ1) is 8.97. The van der Waals surface area contributed by atoms with Gasteiger partial charge in [-0.05, 0) is 19.4 Å². The lowest BCUT2D eigenvalue weighted by atomic mass is 10.1. The molecule has 0 aliphatic carbocycles. The second kappa shape index (κ2) is 6.65. The molecule has 1 aliphatic heterocycles. The third-order valence-corrected chi connectivity index (χ3v) is 3.10. The second-order valence-corrected chi connectivity index (χ2v) is 4.60. The molecule has 20 heavy (non-hydrogen) atoms. The highest BCUT2D eigenvalue weighted by Gasteiger charge is 2.28. The summed E-state index contributed by atoms with van der Waals surface area (Å²) in [6, 6.07) is 4.07. The van der Waals surface area contributed by atoms with E-state index in [0.29, 0.717) is 24.2 Å². The zero-order valence-corrected chi connectivity index (χ0v) is 11.6. The number of carbonyl (C=O) groups is 1. The van der Waals surface area contributed by atoms with Gasteiger partial charge in [0, 0.05) is 23.9 Å². The van der Waals surface area contributed by atoms with Crippen molar-refractivity contribution >= 4 is 29.7 Å². The maximum Gasteiger partial charge on any atom is 0.274 e. The molecule has 2 atom stereocenters. The SMILES string of the molecule is Cc1ccc(NC(=O)C2CC(O)CN2)cc1[N+](=O)[O-].Cl. The van der Waals surface area contributed by atoms with Crippen molar-refractivity contribution in [2.75, 3.05) is 11.9 Å². The molecule has 1 aromatic rings. The standard InChI is InChI=1S/C12H15N3O4.ClH/c1-7-2-3-8(4-11(7)15(18)19)14-12(17)10-5-9(16)6-13-10;/h2-4,9-10,13,16H,5-6H2,1H3,(H,14,17);1H. The topological polar surface area (TPSA) is 104 Å². The number of aliphatic hydroxyl groups is 1. The van der Waals surface area contributed by atoms with E-state index in [1.807, 2.05) is 0 Å². The fraction of sp³-hybridized carbons (Fsp3) is 0.417. The summed E-state index contributed by atoms with van der Waals surface area (Å²) in [6.07, 6.45) is -0.178. The summed E-state index contributed by atoms with van der Waals surface area (Å²) >= 11 is 0. The maximum atomic E-state index is 11.9. The Morgan fingerprint density at radius 2 is 2.25 bits per heavy atom. The van der Waals surface area contributed by atoms with Crippen LogP contribution in [-0.2, 0) is 4.79 Å². The monoisotopic (exact) mass is 301 g/mol. The molecule has 110 valence electrons. The number of nitrogens with zero attached hydrogens (tertiary/aromatic N) is 1. The minimum Gasteiger partial charge on any atom is -0.392 e. The highest BCUT2D eigenvalue weighted by atomic mass is 35.5. The predicted molar refractivity (Wildman–Crippen MR) is 76.1 cm³/mol. The van der Waals surface area contributed by atoms with Crippen LogP contribution >= 0.6 is 12.4 Å². The van der Waals surface area contributed by atoms with E-state index in [2.05, 4.69) is 10.6 Å². The minimum absolute atomic E-state index is 0. The van der Waals surface area contributed by atoms with E-state index in [1.165, 1.54) is 6.07 Å². The fourth-order valence-electron chi connectivity index (χ4n) is 2.03. The van der Waals surface area contributed by atoms with Gasteiger partial charge in [0.15, 0.2) is 0 Å². The third-order valence-electron chi connectivity index (χ3n) is 3.10. The molecule has 1 fully saturated rings. The van der Waals surface area contributed by atoms with Gasteiger partial charge in [-0.3, -0.25) is 14.9 Å². The number of halogens is 1. The van der Waals surface area contributed by atoms with Gasteiger partial charge in [-0.25, -0.2) is 0 Å². The first-order valence-electron chi connectivity index (χ1n) is 5.94. The van der Waals surface area contributed by atoms with Crippen LogP contribution < -0.4 is 10.6 Å². The third kappa shape index (κ3) is 3.66. The van der Waals surface area contributed by atoms with Gasteiger partial charge in [0.05, 0.1) is 17.1 Å². The number of amides is 1. The van der Waals surface area contributed by atoms with Crippen molar-refractivity contribution in [2.24, 2.45) is 0 Å². The Morgan fingerprint density at radius 3 is 2.80 bits per heavy atom. The predicted octanol–water partition coefficient (Wildman–Crippen LogP) is 0.986. The Morgan fingerprint density at radius 1 is 1.55 bits per heavy atom. The summed E-state index contributed by atoms with van der Waals surface area (Å²) in [5.41, 5.74) is 0.889. The molecule has 1 heterocycles.